The van der Waals surface area contributed by atoms with E-state index in [0.717, 1.165) is 32.5 Å². The van der Waals surface area contributed by atoms with Crippen molar-refractivity contribution in [1.82, 2.24) is 15.5 Å². The number of piperidine rings is 1. The van der Waals surface area contributed by atoms with Crippen LogP contribution in [0, 0.1) is 11.8 Å². The van der Waals surface area contributed by atoms with E-state index in [4.69, 9.17) is 0 Å². The van der Waals surface area contributed by atoms with E-state index in [0.29, 0.717) is 10.8 Å². The van der Waals surface area contributed by atoms with Gasteiger partial charge in [-0.1, -0.05) is 19.9 Å². The van der Waals surface area contributed by atoms with Crippen LogP contribution in [0.3, 0.4) is 0 Å². The molecule has 1 saturated heterocycles. The molecule has 1 aromatic rings. The fourth-order valence-corrected chi connectivity index (χ4v) is 3.75. The lowest BCUT2D eigenvalue weighted by molar-refractivity contribution is -0.135. The Morgan fingerprint density at radius 2 is 2.04 bits per heavy atom. The molecule has 0 spiro atoms. The van der Waals surface area contributed by atoms with Crippen LogP contribution >= 0.6 is 11.3 Å². The number of amides is 2. The third-order valence-corrected chi connectivity index (χ3v) is 5.56. The molecule has 0 aliphatic carbocycles. The number of carbonyl (C=O) groups is 2. The Bertz CT molecular complexity index is 522. The van der Waals surface area contributed by atoms with Crippen molar-refractivity contribution >= 4 is 23.2 Å². The first-order valence-corrected chi connectivity index (χ1v) is 9.68. The van der Waals surface area contributed by atoms with Gasteiger partial charge in [0, 0.05) is 13.1 Å². The van der Waals surface area contributed by atoms with Crippen LogP contribution in [0.2, 0.25) is 0 Å². The van der Waals surface area contributed by atoms with Gasteiger partial charge in [-0.25, -0.2) is 0 Å². The molecule has 2 heterocycles. The summed E-state index contributed by atoms with van der Waals surface area (Å²) in [4.78, 5) is 27.7. The Hall–Kier alpha value is -1.40. The Morgan fingerprint density at radius 1 is 1.33 bits per heavy atom. The van der Waals surface area contributed by atoms with Crippen molar-refractivity contribution < 1.29 is 9.59 Å². The van der Waals surface area contributed by atoms with Crippen LogP contribution < -0.4 is 10.6 Å². The molecule has 2 N–H and O–H groups in total. The molecule has 1 aliphatic rings. The van der Waals surface area contributed by atoms with Crippen molar-refractivity contribution in [3.05, 3.63) is 22.4 Å². The van der Waals surface area contributed by atoms with E-state index in [1.54, 1.807) is 6.07 Å². The summed E-state index contributed by atoms with van der Waals surface area (Å²) in [5.41, 5.74) is 0. The molecule has 1 aliphatic heterocycles. The van der Waals surface area contributed by atoms with Gasteiger partial charge in [-0.3, -0.25) is 9.59 Å². The number of rotatable bonds is 7. The molecule has 1 atom stereocenters. The van der Waals surface area contributed by atoms with E-state index in [1.807, 2.05) is 37.2 Å². The molecule has 6 heteroatoms. The Balaban J connectivity index is 1.91. The smallest absolute Gasteiger partial charge is 0.262 e. The minimum Gasteiger partial charge on any atom is -0.341 e. The summed E-state index contributed by atoms with van der Waals surface area (Å²) >= 11 is 1.40. The van der Waals surface area contributed by atoms with Crippen LogP contribution in [-0.4, -0.2) is 49.4 Å². The first kappa shape index (κ1) is 18.9. The highest BCUT2D eigenvalue weighted by atomic mass is 32.1. The standard InChI is InChI=1S/C18H29N3O2S/c1-13(2)16(20-17(22)15-5-4-12-24-15)18(23)21-10-7-14(8-11-21)6-9-19-3/h4-5,12-14,16,19H,6-11H2,1-3H3,(H,20,22). The molecule has 0 saturated carbocycles. The van der Waals surface area contributed by atoms with Gasteiger partial charge in [0.05, 0.1) is 4.88 Å². The van der Waals surface area contributed by atoms with Crippen LogP contribution in [0.5, 0.6) is 0 Å². The Labute approximate surface area is 148 Å². The van der Waals surface area contributed by atoms with Crippen molar-refractivity contribution in [3.63, 3.8) is 0 Å². The maximum atomic E-state index is 12.9. The fourth-order valence-electron chi connectivity index (χ4n) is 3.12. The monoisotopic (exact) mass is 351 g/mol. The molecule has 2 rings (SSSR count). The zero-order chi connectivity index (χ0) is 17.5. The topological polar surface area (TPSA) is 61.4 Å². The van der Waals surface area contributed by atoms with Crippen molar-refractivity contribution in [2.75, 3.05) is 26.7 Å². The highest BCUT2D eigenvalue weighted by Gasteiger charge is 2.31. The summed E-state index contributed by atoms with van der Waals surface area (Å²) in [7, 11) is 1.97. The lowest BCUT2D eigenvalue weighted by Crippen LogP contribution is -2.53. The number of likely N-dealkylation sites (tertiary alicyclic amines) is 1. The highest BCUT2D eigenvalue weighted by Crippen LogP contribution is 2.21. The molecular weight excluding hydrogens is 322 g/mol. The van der Waals surface area contributed by atoms with Crippen LogP contribution in [0.25, 0.3) is 0 Å². The molecule has 134 valence electrons. The average molecular weight is 352 g/mol. The summed E-state index contributed by atoms with van der Waals surface area (Å²) in [6.45, 7) is 6.59. The van der Waals surface area contributed by atoms with Crippen LogP contribution in [-0.2, 0) is 4.79 Å². The second kappa shape index (κ2) is 9.18. The van der Waals surface area contributed by atoms with Gasteiger partial charge in [0.25, 0.3) is 5.91 Å². The van der Waals surface area contributed by atoms with Gasteiger partial charge in [-0.15, -0.1) is 11.3 Å². The van der Waals surface area contributed by atoms with Crippen molar-refractivity contribution in [2.45, 2.75) is 39.2 Å². The van der Waals surface area contributed by atoms with E-state index in [9.17, 15) is 9.59 Å². The maximum absolute atomic E-state index is 12.9. The van der Waals surface area contributed by atoms with Crippen molar-refractivity contribution in [1.29, 1.82) is 0 Å². The first-order valence-electron chi connectivity index (χ1n) is 8.80. The summed E-state index contributed by atoms with van der Waals surface area (Å²) in [6, 6.07) is 3.19. The summed E-state index contributed by atoms with van der Waals surface area (Å²) < 4.78 is 0. The number of carbonyl (C=O) groups excluding carboxylic acids is 2. The Morgan fingerprint density at radius 3 is 2.58 bits per heavy atom. The minimum absolute atomic E-state index is 0.0574. The van der Waals surface area contributed by atoms with Crippen LogP contribution in [0.15, 0.2) is 17.5 Å². The number of thiophene rings is 1. The molecular formula is C18H29N3O2S. The van der Waals surface area contributed by atoms with E-state index in [1.165, 1.54) is 17.8 Å². The normalized spacial score (nSPS) is 17.1. The predicted octanol–water partition coefficient (Wildman–Crippen LogP) is 2.35. The highest BCUT2D eigenvalue weighted by molar-refractivity contribution is 7.12. The van der Waals surface area contributed by atoms with Gasteiger partial charge < -0.3 is 15.5 Å². The van der Waals surface area contributed by atoms with Gasteiger partial charge in [-0.2, -0.15) is 0 Å². The zero-order valence-electron chi connectivity index (χ0n) is 14.9. The molecule has 0 radical (unpaired) electrons. The minimum atomic E-state index is -0.451. The number of hydrogen-bond donors (Lipinski definition) is 2. The third kappa shape index (κ3) is 5.05. The second-order valence-electron chi connectivity index (χ2n) is 6.83. The predicted molar refractivity (Wildman–Crippen MR) is 98.3 cm³/mol. The molecule has 2 amide bonds. The van der Waals surface area contributed by atoms with E-state index >= 15 is 0 Å². The van der Waals surface area contributed by atoms with Gasteiger partial charge in [0.2, 0.25) is 5.91 Å². The molecule has 1 fully saturated rings. The van der Waals surface area contributed by atoms with Crippen molar-refractivity contribution in [2.24, 2.45) is 11.8 Å². The van der Waals surface area contributed by atoms with Gasteiger partial charge in [0.1, 0.15) is 6.04 Å². The molecule has 1 aromatic heterocycles. The summed E-state index contributed by atoms with van der Waals surface area (Å²) in [5.74, 6) is 0.672. The summed E-state index contributed by atoms with van der Waals surface area (Å²) in [6.07, 6.45) is 3.27. The number of nitrogens with zero attached hydrogens (tertiary/aromatic N) is 1. The maximum Gasteiger partial charge on any atom is 0.262 e. The molecule has 24 heavy (non-hydrogen) atoms. The molecule has 5 nitrogen and oxygen atoms in total. The van der Waals surface area contributed by atoms with Gasteiger partial charge >= 0.3 is 0 Å². The van der Waals surface area contributed by atoms with Gasteiger partial charge in [0.15, 0.2) is 0 Å². The molecule has 0 aromatic carbocycles. The molecule has 1 unspecified atom stereocenters. The number of hydrogen-bond acceptors (Lipinski definition) is 4. The largest absolute Gasteiger partial charge is 0.341 e. The van der Waals surface area contributed by atoms with E-state index in [-0.39, 0.29) is 17.7 Å². The average Bonchev–Trinajstić information content (AvgIpc) is 3.12. The quantitative estimate of drug-likeness (QED) is 0.793. The Kier molecular flexibility index (Phi) is 7.24. The SMILES string of the molecule is CNCCC1CCN(C(=O)C(NC(=O)c2cccs2)C(C)C)CC1. The first-order chi connectivity index (χ1) is 11.5. The third-order valence-electron chi connectivity index (χ3n) is 4.69. The van der Waals surface area contributed by atoms with E-state index in [2.05, 4.69) is 10.6 Å². The van der Waals surface area contributed by atoms with Crippen LogP contribution in [0.1, 0.15) is 42.8 Å². The van der Waals surface area contributed by atoms with Gasteiger partial charge in [-0.05, 0) is 56.1 Å². The lowest BCUT2D eigenvalue weighted by atomic mass is 9.92. The lowest BCUT2D eigenvalue weighted by Gasteiger charge is -2.35. The fraction of sp³-hybridized carbons (Fsp3) is 0.667. The second-order valence-corrected chi connectivity index (χ2v) is 7.78. The van der Waals surface area contributed by atoms with Crippen molar-refractivity contribution in [3.8, 4) is 0 Å². The summed E-state index contributed by atoms with van der Waals surface area (Å²) in [5, 5.41) is 7.99. The van der Waals surface area contributed by atoms with Crippen LogP contribution in [0.4, 0.5) is 0 Å². The zero-order valence-corrected chi connectivity index (χ0v) is 15.7. The molecule has 0 bridgehead atoms. The van der Waals surface area contributed by atoms with E-state index < -0.39 is 6.04 Å². The number of nitrogens with one attached hydrogen (secondary N) is 2.